The van der Waals surface area contributed by atoms with E-state index in [4.69, 9.17) is 4.74 Å². The Morgan fingerprint density at radius 2 is 2.18 bits per heavy atom. The summed E-state index contributed by atoms with van der Waals surface area (Å²) in [6.07, 6.45) is 8.79. The lowest BCUT2D eigenvalue weighted by molar-refractivity contribution is 0.215. The van der Waals surface area contributed by atoms with E-state index in [0.717, 1.165) is 54.1 Å². The molecule has 0 radical (unpaired) electrons. The second kappa shape index (κ2) is 8.44. The van der Waals surface area contributed by atoms with Gasteiger partial charge in [0.15, 0.2) is 11.5 Å². The molecule has 1 aliphatic heterocycles. The molecule has 4 rings (SSSR count). The zero-order chi connectivity index (χ0) is 19.3. The lowest BCUT2D eigenvalue weighted by atomic mass is 10.0. The molecular formula is C22H26N4O2. The number of rotatable bonds is 6. The van der Waals surface area contributed by atoms with E-state index in [1.807, 2.05) is 18.3 Å². The van der Waals surface area contributed by atoms with Crippen LogP contribution in [0.5, 0.6) is 11.5 Å². The summed E-state index contributed by atoms with van der Waals surface area (Å²) in [5, 5.41) is 10.5. The van der Waals surface area contributed by atoms with Gasteiger partial charge in [-0.15, -0.1) is 0 Å². The van der Waals surface area contributed by atoms with Crippen LogP contribution >= 0.6 is 0 Å². The first-order chi connectivity index (χ1) is 13.7. The average Bonchev–Trinajstić information content (AvgIpc) is 3.05. The molecule has 0 saturated heterocycles. The number of H-pyrrole nitrogens is 1. The Balaban J connectivity index is 1.54. The van der Waals surface area contributed by atoms with Crippen LogP contribution in [0.1, 0.15) is 36.8 Å². The van der Waals surface area contributed by atoms with Gasteiger partial charge in [0.05, 0.1) is 0 Å². The second-order valence-electron chi connectivity index (χ2n) is 7.24. The maximum atomic E-state index is 10.5. The van der Waals surface area contributed by atoms with Crippen molar-refractivity contribution in [1.29, 1.82) is 0 Å². The van der Waals surface area contributed by atoms with Gasteiger partial charge in [-0.2, -0.15) is 0 Å². The van der Waals surface area contributed by atoms with Crippen LogP contribution in [0.15, 0.2) is 42.9 Å². The lowest BCUT2D eigenvalue weighted by Gasteiger charge is -2.18. The summed E-state index contributed by atoms with van der Waals surface area (Å²) in [6, 6.07) is 7.73. The van der Waals surface area contributed by atoms with Crippen molar-refractivity contribution < 1.29 is 9.84 Å². The molecule has 0 atom stereocenters. The summed E-state index contributed by atoms with van der Waals surface area (Å²) >= 11 is 0. The van der Waals surface area contributed by atoms with Crippen LogP contribution in [0.25, 0.3) is 11.1 Å². The zero-order valence-corrected chi connectivity index (χ0v) is 16.2. The highest BCUT2D eigenvalue weighted by atomic mass is 16.5. The summed E-state index contributed by atoms with van der Waals surface area (Å²) in [6.45, 7) is 5.01. The van der Waals surface area contributed by atoms with E-state index >= 15 is 0 Å². The molecule has 1 aromatic carbocycles. The molecule has 0 unspecified atom stereocenters. The molecule has 0 fully saturated rings. The SMILES string of the molecule is CCCCc1ncc(CN2CCOc3c(O)cc(-c4cccnc4)cc3C2)[nH]1. The number of aromatic nitrogens is 3. The van der Waals surface area contributed by atoms with Gasteiger partial charge in [-0.05, 0) is 30.2 Å². The fourth-order valence-electron chi connectivity index (χ4n) is 3.59. The maximum absolute atomic E-state index is 10.5. The Morgan fingerprint density at radius 3 is 3.00 bits per heavy atom. The lowest BCUT2D eigenvalue weighted by Crippen LogP contribution is -2.25. The molecule has 0 amide bonds. The van der Waals surface area contributed by atoms with Crippen molar-refractivity contribution in [2.24, 2.45) is 0 Å². The fraction of sp³-hybridized carbons (Fsp3) is 0.364. The van der Waals surface area contributed by atoms with E-state index in [0.29, 0.717) is 18.9 Å². The number of imidazole rings is 1. The van der Waals surface area contributed by atoms with Crippen LogP contribution in [0.2, 0.25) is 0 Å². The number of ether oxygens (including phenoxy) is 1. The topological polar surface area (TPSA) is 74.3 Å². The highest BCUT2D eigenvalue weighted by Crippen LogP contribution is 2.37. The molecule has 146 valence electrons. The van der Waals surface area contributed by atoms with Gasteiger partial charge in [0.25, 0.3) is 0 Å². The number of hydrogen-bond acceptors (Lipinski definition) is 5. The van der Waals surface area contributed by atoms with Crippen molar-refractivity contribution in [3.05, 3.63) is 59.9 Å². The zero-order valence-electron chi connectivity index (χ0n) is 16.2. The molecule has 2 aromatic heterocycles. The van der Waals surface area contributed by atoms with E-state index in [1.54, 1.807) is 18.5 Å². The number of pyridine rings is 1. The quantitative estimate of drug-likeness (QED) is 0.680. The molecular weight excluding hydrogens is 352 g/mol. The third kappa shape index (κ3) is 4.17. The Hall–Kier alpha value is -2.86. The molecule has 0 saturated carbocycles. The van der Waals surface area contributed by atoms with Crippen molar-refractivity contribution in [2.45, 2.75) is 39.3 Å². The minimum Gasteiger partial charge on any atom is -0.504 e. The van der Waals surface area contributed by atoms with Crippen molar-refractivity contribution in [3.63, 3.8) is 0 Å². The first-order valence-electron chi connectivity index (χ1n) is 9.87. The summed E-state index contributed by atoms with van der Waals surface area (Å²) < 4.78 is 5.86. The molecule has 0 bridgehead atoms. The Morgan fingerprint density at radius 1 is 1.25 bits per heavy atom. The molecule has 0 spiro atoms. The summed E-state index contributed by atoms with van der Waals surface area (Å²) in [5.41, 5.74) is 4.02. The predicted octanol–water partition coefficient (Wildman–Crippen LogP) is 3.91. The second-order valence-corrected chi connectivity index (χ2v) is 7.24. The largest absolute Gasteiger partial charge is 0.504 e. The number of nitrogens with zero attached hydrogens (tertiary/aromatic N) is 3. The molecule has 6 heteroatoms. The van der Waals surface area contributed by atoms with Crippen LogP contribution < -0.4 is 4.74 Å². The average molecular weight is 378 g/mol. The highest BCUT2D eigenvalue weighted by Gasteiger charge is 2.20. The number of phenols is 1. The number of aromatic amines is 1. The minimum absolute atomic E-state index is 0.182. The number of aryl methyl sites for hydroxylation is 1. The smallest absolute Gasteiger partial charge is 0.165 e. The predicted molar refractivity (Wildman–Crippen MR) is 108 cm³/mol. The van der Waals surface area contributed by atoms with E-state index in [1.165, 1.54) is 6.42 Å². The van der Waals surface area contributed by atoms with Gasteiger partial charge in [-0.3, -0.25) is 9.88 Å². The molecule has 28 heavy (non-hydrogen) atoms. The van der Waals surface area contributed by atoms with Crippen molar-refractivity contribution in [3.8, 4) is 22.6 Å². The molecule has 1 aliphatic rings. The Kier molecular flexibility index (Phi) is 5.58. The first-order valence-corrected chi connectivity index (χ1v) is 9.87. The number of benzene rings is 1. The fourth-order valence-corrected chi connectivity index (χ4v) is 3.59. The van der Waals surface area contributed by atoms with Gasteiger partial charge in [0.2, 0.25) is 0 Å². The van der Waals surface area contributed by atoms with Gasteiger partial charge in [-0.1, -0.05) is 19.4 Å². The van der Waals surface area contributed by atoms with Crippen molar-refractivity contribution >= 4 is 0 Å². The third-order valence-corrected chi connectivity index (χ3v) is 5.03. The van der Waals surface area contributed by atoms with Gasteiger partial charge in [0, 0.05) is 61.5 Å². The van der Waals surface area contributed by atoms with E-state index in [9.17, 15) is 5.11 Å². The monoisotopic (exact) mass is 378 g/mol. The normalized spacial score (nSPS) is 14.3. The molecule has 3 heterocycles. The van der Waals surface area contributed by atoms with Gasteiger partial charge in [0.1, 0.15) is 12.4 Å². The summed E-state index contributed by atoms with van der Waals surface area (Å²) in [4.78, 5) is 14.4. The van der Waals surface area contributed by atoms with Crippen LogP contribution in [-0.4, -0.2) is 38.1 Å². The number of fused-ring (bicyclic) bond motifs is 1. The maximum Gasteiger partial charge on any atom is 0.165 e. The molecule has 6 nitrogen and oxygen atoms in total. The Labute approximate surface area is 165 Å². The number of nitrogens with one attached hydrogen (secondary N) is 1. The molecule has 3 aromatic rings. The van der Waals surface area contributed by atoms with E-state index < -0.39 is 0 Å². The first kappa shape index (κ1) is 18.5. The number of hydrogen-bond donors (Lipinski definition) is 2. The molecule has 2 N–H and O–H groups in total. The van der Waals surface area contributed by atoms with Gasteiger partial charge < -0.3 is 14.8 Å². The van der Waals surface area contributed by atoms with E-state index in [2.05, 4.69) is 32.8 Å². The number of aromatic hydroxyl groups is 1. The van der Waals surface area contributed by atoms with E-state index in [-0.39, 0.29) is 5.75 Å². The standard InChI is InChI=1S/C22H26N4O2/c1-2-3-6-21-24-13-19(25-21)15-26-8-9-28-22-18(14-26)10-17(11-20(22)27)16-5-4-7-23-12-16/h4-5,7,10-13,27H,2-3,6,8-9,14-15H2,1H3,(H,24,25). The van der Waals surface area contributed by atoms with Crippen LogP contribution in [0.3, 0.4) is 0 Å². The van der Waals surface area contributed by atoms with Crippen LogP contribution in [0.4, 0.5) is 0 Å². The van der Waals surface area contributed by atoms with Crippen molar-refractivity contribution in [1.82, 2.24) is 19.9 Å². The van der Waals surface area contributed by atoms with Gasteiger partial charge in [-0.25, -0.2) is 4.98 Å². The number of phenolic OH excluding ortho intramolecular Hbond substituents is 1. The highest BCUT2D eigenvalue weighted by molar-refractivity contribution is 5.68. The Bertz CT molecular complexity index is 924. The van der Waals surface area contributed by atoms with Crippen LogP contribution in [0, 0.1) is 0 Å². The van der Waals surface area contributed by atoms with Crippen LogP contribution in [-0.2, 0) is 19.5 Å². The third-order valence-electron chi connectivity index (χ3n) is 5.03. The summed E-state index contributed by atoms with van der Waals surface area (Å²) in [7, 11) is 0. The summed E-state index contributed by atoms with van der Waals surface area (Å²) in [5.74, 6) is 1.82. The molecule has 0 aliphatic carbocycles. The van der Waals surface area contributed by atoms with Gasteiger partial charge >= 0.3 is 0 Å². The minimum atomic E-state index is 0.182. The number of unbranched alkanes of at least 4 members (excludes halogenated alkanes) is 1. The van der Waals surface area contributed by atoms with Crippen molar-refractivity contribution in [2.75, 3.05) is 13.2 Å².